The van der Waals surface area contributed by atoms with Gasteiger partial charge in [0.05, 0.1) is 12.3 Å². The molecule has 2 rings (SSSR count). The first-order valence-electron chi connectivity index (χ1n) is 4.81. The fourth-order valence-electron chi connectivity index (χ4n) is 1.51. The molecule has 15 heavy (non-hydrogen) atoms. The highest BCUT2D eigenvalue weighted by atomic mass is 16.3. The second kappa shape index (κ2) is 3.82. The minimum Gasteiger partial charge on any atom is -0.392 e. The van der Waals surface area contributed by atoms with E-state index in [0.29, 0.717) is 0 Å². The third-order valence-electron chi connectivity index (χ3n) is 2.24. The quantitative estimate of drug-likeness (QED) is 0.802. The molecule has 0 saturated heterocycles. The van der Waals surface area contributed by atoms with Gasteiger partial charge in [0.25, 0.3) is 0 Å². The molecule has 1 aromatic heterocycles. The van der Waals surface area contributed by atoms with Crippen LogP contribution < -0.4 is 0 Å². The van der Waals surface area contributed by atoms with E-state index in [4.69, 9.17) is 5.11 Å². The Balaban J connectivity index is 2.41. The molecule has 0 fully saturated rings. The topological polar surface area (TPSA) is 50.9 Å². The van der Waals surface area contributed by atoms with Gasteiger partial charge in [-0.15, -0.1) is 0 Å². The molecule has 0 aliphatic heterocycles. The van der Waals surface area contributed by atoms with Crippen LogP contribution in [0.15, 0.2) is 24.3 Å². The van der Waals surface area contributed by atoms with Crippen molar-refractivity contribution in [2.45, 2.75) is 20.5 Å². The maximum Gasteiger partial charge on any atom is 0.148 e. The molecule has 0 aliphatic carbocycles. The van der Waals surface area contributed by atoms with Crippen LogP contribution in [0.5, 0.6) is 0 Å². The molecule has 0 spiro atoms. The lowest BCUT2D eigenvalue weighted by atomic mass is 10.2. The van der Waals surface area contributed by atoms with Crippen molar-refractivity contribution in [3.63, 3.8) is 0 Å². The van der Waals surface area contributed by atoms with Crippen molar-refractivity contribution in [3.8, 4) is 5.69 Å². The molecule has 0 amide bonds. The van der Waals surface area contributed by atoms with Crippen LogP contribution in [0.25, 0.3) is 5.69 Å². The molecule has 1 heterocycles. The predicted octanol–water partition coefficient (Wildman–Crippen LogP) is 1.38. The van der Waals surface area contributed by atoms with Gasteiger partial charge in [0, 0.05) is 0 Å². The fourth-order valence-corrected chi connectivity index (χ4v) is 1.51. The molecule has 4 heteroatoms. The lowest BCUT2D eigenvalue weighted by Crippen LogP contribution is -1.99. The van der Waals surface area contributed by atoms with Gasteiger partial charge in [-0.05, 0) is 31.5 Å². The molecule has 1 aromatic carbocycles. The number of benzene rings is 1. The van der Waals surface area contributed by atoms with E-state index in [2.05, 4.69) is 10.1 Å². The normalized spacial score (nSPS) is 10.6. The molecule has 0 saturated carbocycles. The van der Waals surface area contributed by atoms with Crippen LogP contribution >= 0.6 is 0 Å². The Morgan fingerprint density at radius 3 is 2.33 bits per heavy atom. The Hall–Kier alpha value is -1.68. The standard InChI is InChI=1S/C11H13N3O/c1-8-12-9(2)14(13-8)11-5-3-10(7-15)4-6-11/h3-6,15H,7H2,1-2H3. The molecule has 0 bridgehead atoms. The molecule has 2 aromatic rings. The highest BCUT2D eigenvalue weighted by molar-refractivity contribution is 5.34. The number of aromatic nitrogens is 3. The zero-order valence-electron chi connectivity index (χ0n) is 8.81. The van der Waals surface area contributed by atoms with Crippen molar-refractivity contribution >= 4 is 0 Å². The van der Waals surface area contributed by atoms with Gasteiger partial charge in [0.2, 0.25) is 0 Å². The van der Waals surface area contributed by atoms with Gasteiger partial charge >= 0.3 is 0 Å². The first-order valence-corrected chi connectivity index (χ1v) is 4.81. The summed E-state index contributed by atoms with van der Waals surface area (Å²) in [5.41, 5.74) is 1.86. The first kappa shape index (κ1) is 9.86. The Morgan fingerprint density at radius 2 is 1.87 bits per heavy atom. The summed E-state index contributed by atoms with van der Waals surface area (Å²) in [6.45, 7) is 3.85. The van der Waals surface area contributed by atoms with Gasteiger partial charge in [-0.25, -0.2) is 9.67 Å². The zero-order valence-corrected chi connectivity index (χ0v) is 8.81. The molecule has 1 N–H and O–H groups in total. The number of rotatable bonds is 2. The number of hydrogen-bond donors (Lipinski definition) is 1. The maximum absolute atomic E-state index is 8.92. The number of nitrogens with zero attached hydrogens (tertiary/aromatic N) is 3. The van der Waals surface area contributed by atoms with Gasteiger partial charge in [0.15, 0.2) is 0 Å². The molecule has 0 unspecified atom stereocenters. The van der Waals surface area contributed by atoms with E-state index in [1.54, 1.807) is 4.68 Å². The lowest BCUT2D eigenvalue weighted by Gasteiger charge is -2.03. The van der Waals surface area contributed by atoms with Gasteiger partial charge in [-0.3, -0.25) is 0 Å². The zero-order chi connectivity index (χ0) is 10.8. The predicted molar refractivity (Wildman–Crippen MR) is 56.8 cm³/mol. The fraction of sp³-hybridized carbons (Fsp3) is 0.273. The summed E-state index contributed by atoms with van der Waals surface area (Å²) in [5.74, 6) is 1.63. The number of aliphatic hydroxyl groups excluding tert-OH is 1. The largest absolute Gasteiger partial charge is 0.392 e. The molecule has 0 aliphatic rings. The second-order valence-corrected chi connectivity index (χ2v) is 3.44. The highest BCUT2D eigenvalue weighted by Gasteiger charge is 2.04. The summed E-state index contributed by atoms with van der Waals surface area (Å²) in [6.07, 6.45) is 0. The summed E-state index contributed by atoms with van der Waals surface area (Å²) < 4.78 is 1.79. The number of aliphatic hydroxyl groups is 1. The SMILES string of the molecule is Cc1nc(C)n(-c2ccc(CO)cc2)n1. The second-order valence-electron chi connectivity index (χ2n) is 3.44. The third-order valence-corrected chi connectivity index (χ3v) is 2.24. The summed E-state index contributed by atoms with van der Waals surface area (Å²) in [6, 6.07) is 7.61. The monoisotopic (exact) mass is 203 g/mol. The number of hydrogen-bond acceptors (Lipinski definition) is 3. The molecular weight excluding hydrogens is 190 g/mol. The van der Waals surface area contributed by atoms with Crippen molar-refractivity contribution in [3.05, 3.63) is 41.5 Å². The van der Waals surface area contributed by atoms with Gasteiger partial charge < -0.3 is 5.11 Å². The van der Waals surface area contributed by atoms with Crippen molar-refractivity contribution in [1.82, 2.24) is 14.8 Å². The van der Waals surface area contributed by atoms with Crippen LogP contribution in [0, 0.1) is 13.8 Å². The van der Waals surface area contributed by atoms with E-state index in [-0.39, 0.29) is 6.61 Å². The van der Waals surface area contributed by atoms with Crippen molar-refractivity contribution < 1.29 is 5.11 Å². The van der Waals surface area contributed by atoms with Crippen LogP contribution in [0.3, 0.4) is 0 Å². The van der Waals surface area contributed by atoms with E-state index in [0.717, 1.165) is 22.9 Å². The van der Waals surface area contributed by atoms with E-state index >= 15 is 0 Å². The van der Waals surface area contributed by atoms with Gasteiger partial charge in [-0.1, -0.05) is 12.1 Å². The summed E-state index contributed by atoms with van der Waals surface area (Å²) in [5, 5.41) is 13.2. The Kier molecular flexibility index (Phi) is 2.51. The van der Waals surface area contributed by atoms with Gasteiger partial charge in [0.1, 0.15) is 11.6 Å². The molecular formula is C11H13N3O. The van der Waals surface area contributed by atoms with Crippen molar-refractivity contribution in [2.75, 3.05) is 0 Å². The minimum absolute atomic E-state index is 0.0651. The summed E-state index contributed by atoms with van der Waals surface area (Å²) in [7, 11) is 0. The van der Waals surface area contributed by atoms with Crippen LogP contribution in [-0.4, -0.2) is 19.9 Å². The van der Waals surface area contributed by atoms with Crippen LogP contribution in [0.1, 0.15) is 17.2 Å². The third kappa shape index (κ3) is 1.89. The van der Waals surface area contributed by atoms with Crippen molar-refractivity contribution in [2.24, 2.45) is 0 Å². The minimum atomic E-state index is 0.0651. The van der Waals surface area contributed by atoms with E-state index in [9.17, 15) is 0 Å². The average Bonchev–Trinajstić information content (AvgIpc) is 2.58. The summed E-state index contributed by atoms with van der Waals surface area (Å²) >= 11 is 0. The van der Waals surface area contributed by atoms with Crippen LogP contribution in [0.2, 0.25) is 0 Å². The smallest absolute Gasteiger partial charge is 0.148 e. The molecule has 0 radical (unpaired) electrons. The molecule has 78 valence electrons. The first-order chi connectivity index (χ1) is 7.20. The highest BCUT2D eigenvalue weighted by Crippen LogP contribution is 2.10. The van der Waals surface area contributed by atoms with E-state index in [1.807, 2.05) is 38.1 Å². The Labute approximate surface area is 88.2 Å². The Bertz CT molecular complexity index is 459. The Morgan fingerprint density at radius 1 is 1.20 bits per heavy atom. The van der Waals surface area contributed by atoms with Gasteiger partial charge in [-0.2, -0.15) is 5.10 Å². The average molecular weight is 203 g/mol. The molecule has 4 nitrogen and oxygen atoms in total. The lowest BCUT2D eigenvalue weighted by molar-refractivity contribution is 0.282. The number of aryl methyl sites for hydroxylation is 2. The summed E-state index contributed by atoms with van der Waals surface area (Å²) in [4.78, 5) is 4.23. The van der Waals surface area contributed by atoms with Crippen molar-refractivity contribution in [1.29, 1.82) is 0 Å². The molecule has 0 atom stereocenters. The van der Waals surface area contributed by atoms with E-state index < -0.39 is 0 Å². The van der Waals surface area contributed by atoms with Crippen LogP contribution in [0.4, 0.5) is 0 Å². The van der Waals surface area contributed by atoms with Crippen LogP contribution in [-0.2, 0) is 6.61 Å². The maximum atomic E-state index is 8.92. The van der Waals surface area contributed by atoms with E-state index in [1.165, 1.54) is 0 Å².